The monoisotopic (exact) mass is 246 g/mol. The molecular weight excluding hydrogens is 228 g/mol. The maximum atomic E-state index is 12.1. The summed E-state index contributed by atoms with van der Waals surface area (Å²) in [5.74, 6) is 5.22. The predicted octanol–water partition coefficient (Wildman–Crippen LogP) is 1.30. The van der Waals surface area contributed by atoms with Crippen molar-refractivity contribution in [2.75, 3.05) is 20.2 Å². The largest absolute Gasteiger partial charge is 0.384 e. The van der Waals surface area contributed by atoms with E-state index in [-0.39, 0.29) is 12.5 Å². The lowest BCUT2D eigenvalue weighted by Gasteiger charge is -2.16. The van der Waals surface area contributed by atoms with Crippen molar-refractivity contribution in [3.63, 3.8) is 0 Å². The third-order valence-corrected chi connectivity index (χ3v) is 2.49. The van der Waals surface area contributed by atoms with E-state index in [1.165, 1.54) is 6.20 Å². The van der Waals surface area contributed by atoms with Gasteiger partial charge in [-0.05, 0) is 12.5 Å². The molecule has 1 amide bonds. The lowest BCUT2D eigenvalue weighted by atomic mass is 10.2. The number of aliphatic hydroxyl groups is 1. The molecule has 0 bridgehead atoms. The molecule has 18 heavy (non-hydrogen) atoms. The standard InChI is InChI=1S/C14H18N2O2/c1-3-4-7-16(2)14(18)13-9-12(6-5-8-17)10-15-11-13/h9-11,17H,3-4,7-8H2,1-2H3. The van der Waals surface area contributed by atoms with Crippen LogP contribution in [0.5, 0.6) is 0 Å². The molecule has 0 aliphatic rings. The highest BCUT2D eigenvalue weighted by atomic mass is 16.2. The van der Waals surface area contributed by atoms with Crippen LogP contribution in [0.15, 0.2) is 18.5 Å². The quantitative estimate of drug-likeness (QED) is 0.815. The molecule has 1 heterocycles. The minimum absolute atomic E-state index is 0.0522. The normalized spacial score (nSPS) is 9.50. The summed E-state index contributed by atoms with van der Waals surface area (Å²) in [6, 6.07) is 1.69. The topological polar surface area (TPSA) is 53.4 Å². The van der Waals surface area contributed by atoms with Gasteiger partial charge in [-0.2, -0.15) is 0 Å². The highest BCUT2D eigenvalue weighted by molar-refractivity contribution is 5.94. The van der Waals surface area contributed by atoms with E-state index in [9.17, 15) is 4.79 Å². The zero-order chi connectivity index (χ0) is 13.4. The molecule has 0 unspecified atom stereocenters. The summed E-state index contributed by atoms with van der Waals surface area (Å²) in [5, 5.41) is 8.62. The number of aromatic nitrogens is 1. The van der Waals surface area contributed by atoms with Crippen LogP contribution < -0.4 is 0 Å². The van der Waals surface area contributed by atoms with E-state index in [1.54, 1.807) is 24.2 Å². The Hall–Kier alpha value is -1.86. The highest BCUT2D eigenvalue weighted by Crippen LogP contribution is 2.06. The van der Waals surface area contributed by atoms with Crippen molar-refractivity contribution in [2.45, 2.75) is 19.8 Å². The van der Waals surface area contributed by atoms with Gasteiger partial charge >= 0.3 is 0 Å². The van der Waals surface area contributed by atoms with Gasteiger partial charge in [-0.3, -0.25) is 9.78 Å². The van der Waals surface area contributed by atoms with Gasteiger partial charge in [0.2, 0.25) is 0 Å². The molecule has 0 aromatic carbocycles. The number of carbonyl (C=O) groups excluding carboxylic acids is 1. The molecule has 1 N–H and O–H groups in total. The van der Waals surface area contributed by atoms with Crippen molar-refractivity contribution in [1.29, 1.82) is 0 Å². The minimum atomic E-state index is -0.200. The first-order valence-electron chi connectivity index (χ1n) is 5.99. The van der Waals surface area contributed by atoms with Crippen LogP contribution in [-0.4, -0.2) is 41.1 Å². The third kappa shape index (κ3) is 4.19. The number of rotatable bonds is 4. The summed E-state index contributed by atoms with van der Waals surface area (Å²) in [5.41, 5.74) is 1.16. The Bertz CT molecular complexity index is 460. The van der Waals surface area contributed by atoms with Gasteiger partial charge in [0.05, 0.1) is 5.56 Å². The minimum Gasteiger partial charge on any atom is -0.384 e. The van der Waals surface area contributed by atoms with Crippen LogP contribution in [0, 0.1) is 11.8 Å². The number of nitrogens with zero attached hydrogens (tertiary/aromatic N) is 2. The number of carbonyl (C=O) groups is 1. The summed E-state index contributed by atoms with van der Waals surface area (Å²) in [7, 11) is 1.78. The van der Waals surface area contributed by atoms with Crippen molar-refractivity contribution < 1.29 is 9.90 Å². The average Bonchev–Trinajstić information content (AvgIpc) is 2.42. The van der Waals surface area contributed by atoms with Gasteiger partial charge < -0.3 is 10.0 Å². The van der Waals surface area contributed by atoms with Crippen molar-refractivity contribution in [2.24, 2.45) is 0 Å². The first-order chi connectivity index (χ1) is 8.69. The fraction of sp³-hybridized carbons (Fsp3) is 0.429. The summed E-state index contributed by atoms with van der Waals surface area (Å²) >= 11 is 0. The number of hydrogen-bond acceptors (Lipinski definition) is 3. The Morgan fingerprint density at radius 2 is 2.28 bits per heavy atom. The Kier molecular flexibility index (Phi) is 5.89. The molecule has 0 aliphatic heterocycles. The number of amides is 1. The molecular formula is C14H18N2O2. The fourth-order valence-corrected chi connectivity index (χ4v) is 1.48. The van der Waals surface area contributed by atoms with Gasteiger partial charge in [0.25, 0.3) is 5.91 Å². The SMILES string of the molecule is CCCCN(C)C(=O)c1cncc(C#CCO)c1. The number of unbranched alkanes of at least 4 members (excludes halogenated alkanes) is 1. The van der Waals surface area contributed by atoms with Crippen LogP contribution in [0.3, 0.4) is 0 Å². The summed E-state index contributed by atoms with van der Waals surface area (Å²) < 4.78 is 0. The smallest absolute Gasteiger partial charge is 0.255 e. The Morgan fingerprint density at radius 1 is 1.50 bits per heavy atom. The second-order valence-electron chi connectivity index (χ2n) is 4.00. The van der Waals surface area contributed by atoms with Crippen molar-refractivity contribution >= 4 is 5.91 Å². The van der Waals surface area contributed by atoms with Gasteiger partial charge in [0, 0.05) is 31.5 Å². The summed E-state index contributed by atoms with van der Waals surface area (Å²) in [6.45, 7) is 2.63. The van der Waals surface area contributed by atoms with Gasteiger partial charge in [0.15, 0.2) is 0 Å². The van der Waals surface area contributed by atoms with Crippen molar-refractivity contribution in [3.05, 3.63) is 29.6 Å². The fourth-order valence-electron chi connectivity index (χ4n) is 1.48. The van der Waals surface area contributed by atoms with Crippen LogP contribution in [-0.2, 0) is 0 Å². The van der Waals surface area contributed by atoms with Gasteiger partial charge in [-0.1, -0.05) is 25.2 Å². The Balaban J connectivity index is 2.79. The molecule has 0 radical (unpaired) electrons. The third-order valence-electron chi connectivity index (χ3n) is 2.49. The maximum absolute atomic E-state index is 12.1. The van der Waals surface area contributed by atoms with Gasteiger partial charge in [-0.15, -0.1) is 0 Å². The molecule has 0 atom stereocenters. The van der Waals surface area contributed by atoms with E-state index in [2.05, 4.69) is 23.7 Å². The molecule has 1 aromatic rings. The first-order valence-corrected chi connectivity index (χ1v) is 5.99. The van der Waals surface area contributed by atoms with Crippen LogP contribution in [0.4, 0.5) is 0 Å². The molecule has 0 fully saturated rings. The number of hydrogen-bond donors (Lipinski definition) is 1. The van der Waals surface area contributed by atoms with Crippen LogP contribution in [0.2, 0.25) is 0 Å². The van der Waals surface area contributed by atoms with Crippen molar-refractivity contribution in [3.8, 4) is 11.8 Å². The van der Waals surface area contributed by atoms with Crippen molar-refractivity contribution in [1.82, 2.24) is 9.88 Å². The first kappa shape index (κ1) is 14.2. The summed E-state index contributed by atoms with van der Waals surface area (Å²) in [4.78, 5) is 17.7. The van der Waals surface area contributed by atoms with Gasteiger partial charge in [0.1, 0.15) is 6.61 Å². The number of aliphatic hydroxyl groups excluding tert-OH is 1. The average molecular weight is 246 g/mol. The Morgan fingerprint density at radius 3 is 2.94 bits per heavy atom. The van der Waals surface area contributed by atoms with E-state index < -0.39 is 0 Å². The molecule has 96 valence electrons. The molecule has 1 aromatic heterocycles. The van der Waals surface area contributed by atoms with Crippen LogP contribution in [0.1, 0.15) is 35.7 Å². The molecule has 4 heteroatoms. The molecule has 1 rings (SSSR count). The lowest BCUT2D eigenvalue weighted by molar-refractivity contribution is 0.0793. The molecule has 4 nitrogen and oxygen atoms in total. The Labute approximate surface area is 108 Å². The van der Waals surface area contributed by atoms with E-state index in [1.807, 2.05) is 0 Å². The van der Waals surface area contributed by atoms with E-state index in [0.29, 0.717) is 11.1 Å². The van der Waals surface area contributed by atoms with Crippen LogP contribution >= 0.6 is 0 Å². The zero-order valence-electron chi connectivity index (χ0n) is 10.8. The number of pyridine rings is 1. The van der Waals surface area contributed by atoms with Crippen LogP contribution in [0.25, 0.3) is 0 Å². The lowest BCUT2D eigenvalue weighted by Crippen LogP contribution is -2.27. The van der Waals surface area contributed by atoms with E-state index in [4.69, 9.17) is 5.11 Å². The highest BCUT2D eigenvalue weighted by Gasteiger charge is 2.11. The maximum Gasteiger partial charge on any atom is 0.255 e. The second-order valence-corrected chi connectivity index (χ2v) is 4.00. The molecule has 0 aliphatic carbocycles. The van der Waals surface area contributed by atoms with E-state index in [0.717, 1.165) is 19.4 Å². The zero-order valence-corrected chi connectivity index (χ0v) is 10.8. The van der Waals surface area contributed by atoms with Gasteiger partial charge in [-0.25, -0.2) is 0 Å². The van der Waals surface area contributed by atoms with E-state index >= 15 is 0 Å². The molecule has 0 saturated carbocycles. The summed E-state index contributed by atoms with van der Waals surface area (Å²) in [6.07, 6.45) is 5.15. The predicted molar refractivity (Wildman–Crippen MR) is 70.1 cm³/mol. The molecule has 0 spiro atoms. The second kappa shape index (κ2) is 7.46. The molecule has 0 saturated heterocycles.